The Morgan fingerprint density at radius 2 is 2.06 bits per heavy atom. The van der Waals surface area contributed by atoms with Gasteiger partial charge in [-0.1, -0.05) is 29.8 Å². The van der Waals surface area contributed by atoms with Crippen molar-refractivity contribution in [2.75, 3.05) is 5.73 Å². The van der Waals surface area contributed by atoms with E-state index in [0.29, 0.717) is 0 Å². The summed E-state index contributed by atoms with van der Waals surface area (Å²) in [6.07, 6.45) is 1.58. The first-order valence-electron chi connectivity index (χ1n) is 5.14. The molecular weight excluding hydrogens is 216 g/mol. The number of pyridine rings is 1. The molecule has 1 heterocycles. The van der Waals surface area contributed by atoms with E-state index in [-0.39, 0.29) is 11.4 Å². The van der Waals surface area contributed by atoms with Crippen molar-refractivity contribution in [3.8, 4) is 11.1 Å². The van der Waals surface area contributed by atoms with Crippen LogP contribution in [-0.2, 0) is 0 Å². The van der Waals surface area contributed by atoms with Crippen molar-refractivity contribution < 1.29 is 9.90 Å². The molecule has 0 atom stereocenters. The zero-order valence-corrected chi connectivity index (χ0v) is 9.34. The molecule has 0 saturated heterocycles. The van der Waals surface area contributed by atoms with E-state index in [1.54, 1.807) is 12.3 Å². The molecule has 0 saturated carbocycles. The maximum Gasteiger partial charge on any atom is 0.339 e. The molecule has 0 aliphatic rings. The number of hydrogen-bond donors (Lipinski definition) is 2. The molecule has 0 aliphatic carbocycles. The van der Waals surface area contributed by atoms with E-state index < -0.39 is 5.97 Å². The molecule has 3 N–H and O–H groups in total. The number of carboxylic acid groups (broad SMARTS) is 1. The van der Waals surface area contributed by atoms with Gasteiger partial charge in [-0.05, 0) is 18.6 Å². The Hall–Kier alpha value is -2.36. The SMILES string of the molecule is Cc1cccc(-c2cnc(N)c(C(=O)O)c2)c1. The Morgan fingerprint density at radius 3 is 2.71 bits per heavy atom. The van der Waals surface area contributed by atoms with E-state index in [9.17, 15) is 4.79 Å². The van der Waals surface area contributed by atoms with Gasteiger partial charge in [0.05, 0.1) is 0 Å². The van der Waals surface area contributed by atoms with Crippen molar-refractivity contribution in [3.63, 3.8) is 0 Å². The van der Waals surface area contributed by atoms with Crippen molar-refractivity contribution in [2.24, 2.45) is 0 Å². The second-order valence-corrected chi connectivity index (χ2v) is 3.83. The van der Waals surface area contributed by atoms with Gasteiger partial charge in [-0.2, -0.15) is 0 Å². The van der Waals surface area contributed by atoms with Crippen LogP contribution in [0.2, 0.25) is 0 Å². The molecule has 1 aromatic heterocycles. The first-order valence-corrected chi connectivity index (χ1v) is 5.14. The summed E-state index contributed by atoms with van der Waals surface area (Å²) in [6.45, 7) is 1.98. The summed E-state index contributed by atoms with van der Waals surface area (Å²) in [6, 6.07) is 9.32. The average Bonchev–Trinajstić information content (AvgIpc) is 2.29. The van der Waals surface area contributed by atoms with Crippen LogP contribution in [0.4, 0.5) is 5.82 Å². The molecule has 0 bridgehead atoms. The van der Waals surface area contributed by atoms with Gasteiger partial charge in [-0.15, -0.1) is 0 Å². The number of aromatic carboxylic acids is 1. The van der Waals surface area contributed by atoms with Gasteiger partial charge in [-0.25, -0.2) is 9.78 Å². The third-order valence-electron chi connectivity index (χ3n) is 2.50. The Balaban J connectivity index is 2.54. The number of carbonyl (C=O) groups is 1. The van der Waals surface area contributed by atoms with Gasteiger partial charge >= 0.3 is 5.97 Å². The molecule has 0 spiro atoms. The van der Waals surface area contributed by atoms with Gasteiger partial charge in [0.15, 0.2) is 0 Å². The normalized spacial score (nSPS) is 10.2. The third kappa shape index (κ3) is 2.25. The highest BCUT2D eigenvalue weighted by Gasteiger charge is 2.10. The van der Waals surface area contributed by atoms with Gasteiger partial charge in [0.2, 0.25) is 0 Å². The predicted molar refractivity (Wildman–Crippen MR) is 65.8 cm³/mol. The van der Waals surface area contributed by atoms with Gasteiger partial charge in [0, 0.05) is 11.8 Å². The van der Waals surface area contributed by atoms with Gasteiger partial charge < -0.3 is 10.8 Å². The average molecular weight is 228 g/mol. The number of benzene rings is 1. The summed E-state index contributed by atoms with van der Waals surface area (Å²) in [7, 11) is 0. The van der Waals surface area contributed by atoms with E-state index in [2.05, 4.69) is 4.98 Å². The van der Waals surface area contributed by atoms with Crippen molar-refractivity contribution in [1.82, 2.24) is 4.98 Å². The fraction of sp³-hybridized carbons (Fsp3) is 0.0769. The number of aromatic nitrogens is 1. The first-order chi connectivity index (χ1) is 8.08. The minimum absolute atomic E-state index is 0.0315. The van der Waals surface area contributed by atoms with Crippen LogP contribution in [0.25, 0.3) is 11.1 Å². The van der Waals surface area contributed by atoms with Crippen LogP contribution in [0.15, 0.2) is 36.5 Å². The quantitative estimate of drug-likeness (QED) is 0.827. The molecule has 0 fully saturated rings. The standard InChI is InChI=1S/C13H12N2O2/c1-8-3-2-4-9(5-8)10-6-11(13(16)17)12(14)15-7-10/h2-7H,1H3,(H2,14,15)(H,16,17). The highest BCUT2D eigenvalue weighted by atomic mass is 16.4. The van der Waals surface area contributed by atoms with Crippen molar-refractivity contribution in [3.05, 3.63) is 47.7 Å². The van der Waals surface area contributed by atoms with Crippen LogP contribution in [-0.4, -0.2) is 16.1 Å². The summed E-state index contributed by atoms with van der Waals surface area (Å²) in [5.74, 6) is -1.03. The Labute approximate surface area is 98.7 Å². The maximum absolute atomic E-state index is 11.0. The summed E-state index contributed by atoms with van der Waals surface area (Å²) in [5.41, 5.74) is 8.33. The lowest BCUT2D eigenvalue weighted by Gasteiger charge is -2.05. The number of anilines is 1. The highest BCUT2D eigenvalue weighted by Crippen LogP contribution is 2.22. The minimum Gasteiger partial charge on any atom is -0.478 e. The summed E-state index contributed by atoms with van der Waals surface area (Å²) < 4.78 is 0. The first kappa shape index (κ1) is 11.1. The zero-order valence-electron chi connectivity index (χ0n) is 9.34. The molecule has 2 aromatic rings. The smallest absolute Gasteiger partial charge is 0.339 e. The van der Waals surface area contributed by atoms with Crippen LogP contribution in [0.1, 0.15) is 15.9 Å². The molecule has 1 aromatic carbocycles. The Bertz CT molecular complexity index is 579. The molecular formula is C13H12N2O2. The van der Waals surface area contributed by atoms with Crippen LogP contribution in [0, 0.1) is 6.92 Å². The van der Waals surface area contributed by atoms with E-state index in [1.807, 2.05) is 31.2 Å². The second kappa shape index (κ2) is 4.25. The second-order valence-electron chi connectivity index (χ2n) is 3.83. The monoisotopic (exact) mass is 228 g/mol. The Morgan fingerprint density at radius 1 is 1.29 bits per heavy atom. The van der Waals surface area contributed by atoms with Gasteiger partial charge in [0.1, 0.15) is 11.4 Å². The number of hydrogen-bond acceptors (Lipinski definition) is 3. The molecule has 0 unspecified atom stereocenters. The van der Waals surface area contributed by atoms with Gasteiger partial charge in [-0.3, -0.25) is 0 Å². The Kier molecular flexibility index (Phi) is 2.78. The largest absolute Gasteiger partial charge is 0.478 e. The predicted octanol–water partition coefficient (Wildman–Crippen LogP) is 2.34. The van der Waals surface area contributed by atoms with E-state index in [0.717, 1.165) is 16.7 Å². The number of nitrogen functional groups attached to an aromatic ring is 1. The molecule has 0 amide bonds. The molecule has 86 valence electrons. The number of carboxylic acids is 1. The number of nitrogens with two attached hydrogens (primary N) is 1. The van der Waals surface area contributed by atoms with Crippen molar-refractivity contribution >= 4 is 11.8 Å². The summed E-state index contributed by atoms with van der Waals surface area (Å²) in [4.78, 5) is 14.9. The van der Waals surface area contributed by atoms with Crippen molar-refractivity contribution in [2.45, 2.75) is 6.92 Å². The molecule has 2 rings (SSSR count). The van der Waals surface area contributed by atoms with Crippen molar-refractivity contribution in [1.29, 1.82) is 0 Å². The van der Waals surface area contributed by atoms with Crippen LogP contribution in [0.5, 0.6) is 0 Å². The number of aryl methyl sites for hydroxylation is 1. The maximum atomic E-state index is 11.0. The zero-order chi connectivity index (χ0) is 12.4. The third-order valence-corrected chi connectivity index (χ3v) is 2.50. The molecule has 0 aliphatic heterocycles. The molecule has 4 heteroatoms. The fourth-order valence-corrected chi connectivity index (χ4v) is 1.63. The van der Waals surface area contributed by atoms with E-state index in [4.69, 9.17) is 10.8 Å². The molecule has 17 heavy (non-hydrogen) atoms. The lowest BCUT2D eigenvalue weighted by molar-refractivity contribution is 0.0698. The fourth-order valence-electron chi connectivity index (χ4n) is 1.63. The number of nitrogens with zero attached hydrogens (tertiary/aromatic N) is 1. The topological polar surface area (TPSA) is 76.2 Å². The minimum atomic E-state index is -1.07. The van der Waals surface area contributed by atoms with Crippen LogP contribution < -0.4 is 5.73 Å². The lowest BCUT2D eigenvalue weighted by Crippen LogP contribution is -2.04. The van der Waals surface area contributed by atoms with Gasteiger partial charge in [0.25, 0.3) is 0 Å². The lowest BCUT2D eigenvalue weighted by atomic mass is 10.0. The molecule has 4 nitrogen and oxygen atoms in total. The van der Waals surface area contributed by atoms with Crippen LogP contribution in [0.3, 0.4) is 0 Å². The summed E-state index contributed by atoms with van der Waals surface area (Å²) >= 11 is 0. The summed E-state index contributed by atoms with van der Waals surface area (Å²) in [5, 5.41) is 8.97. The van der Waals surface area contributed by atoms with Crippen LogP contribution >= 0.6 is 0 Å². The highest BCUT2D eigenvalue weighted by molar-refractivity contribution is 5.94. The molecule has 0 radical (unpaired) electrons. The van der Waals surface area contributed by atoms with E-state index >= 15 is 0 Å². The van der Waals surface area contributed by atoms with E-state index in [1.165, 1.54) is 0 Å². The number of rotatable bonds is 2.